The Hall–Kier alpha value is -2.18. The third kappa shape index (κ3) is 1.35. The summed E-state index contributed by atoms with van der Waals surface area (Å²) in [5.74, 6) is -0.144. The highest BCUT2D eigenvalue weighted by molar-refractivity contribution is 5.95. The van der Waals surface area contributed by atoms with Gasteiger partial charge in [0.25, 0.3) is 11.6 Å². The van der Waals surface area contributed by atoms with Crippen molar-refractivity contribution in [1.82, 2.24) is 4.98 Å². The van der Waals surface area contributed by atoms with Crippen LogP contribution in [0.3, 0.4) is 0 Å². The number of anilines is 1. The van der Waals surface area contributed by atoms with Crippen LogP contribution in [0.2, 0.25) is 0 Å². The second-order valence-corrected chi connectivity index (χ2v) is 2.64. The summed E-state index contributed by atoms with van der Waals surface area (Å²) in [6.07, 6.45) is 1.08. The molecule has 14 heavy (non-hydrogen) atoms. The van der Waals surface area contributed by atoms with Gasteiger partial charge in [0.1, 0.15) is 11.9 Å². The highest BCUT2D eigenvalue weighted by Gasteiger charge is 2.20. The Kier molecular flexibility index (Phi) is 1.77. The number of rotatable bonds is 1. The van der Waals surface area contributed by atoms with Gasteiger partial charge in [0.05, 0.1) is 4.92 Å². The van der Waals surface area contributed by atoms with Crippen molar-refractivity contribution < 1.29 is 14.5 Å². The van der Waals surface area contributed by atoms with E-state index in [0.29, 0.717) is 0 Å². The van der Waals surface area contributed by atoms with Crippen LogP contribution in [0.15, 0.2) is 12.3 Å². The molecule has 7 heteroatoms. The number of fused-ring (bicyclic) bond motifs is 1. The van der Waals surface area contributed by atoms with E-state index in [2.05, 4.69) is 10.3 Å². The lowest BCUT2D eigenvalue weighted by Gasteiger charge is -2.15. The maximum atomic E-state index is 10.9. The number of amides is 1. The number of aromatic nitrogens is 1. The molecule has 1 aliphatic heterocycles. The van der Waals surface area contributed by atoms with Crippen LogP contribution in [0, 0.1) is 10.1 Å². The third-order valence-corrected chi connectivity index (χ3v) is 1.66. The summed E-state index contributed by atoms with van der Waals surface area (Å²) in [4.78, 5) is 24.4. The lowest BCUT2D eigenvalue weighted by atomic mass is 10.3. The molecule has 0 atom stereocenters. The number of carbonyl (C=O) groups excluding carboxylic acids is 1. The van der Waals surface area contributed by atoms with Crippen LogP contribution in [-0.2, 0) is 4.79 Å². The van der Waals surface area contributed by atoms with Crippen LogP contribution in [0.5, 0.6) is 5.88 Å². The molecule has 0 saturated carbocycles. The summed E-state index contributed by atoms with van der Waals surface area (Å²) in [6, 6.07) is 1.21. The largest absolute Gasteiger partial charge is 0.466 e. The summed E-state index contributed by atoms with van der Waals surface area (Å²) in [6.45, 7) is -0.113. The third-order valence-electron chi connectivity index (χ3n) is 1.66. The van der Waals surface area contributed by atoms with E-state index < -0.39 is 4.92 Å². The van der Waals surface area contributed by atoms with Crippen LogP contribution in [0.25, 0.3) is 0 Å². The van der Waals surface area contributed by atoms with Gasteiger partial charge in [-0.2, -0.15) is 0 Å². The van der Waals surface area contributed by atoms with Crippen molar-refractivity contribution in [3.63, 3.8) is 0 Å². The van der Waals surface area contributed by atoms with Crippen LogP contribution in [0.4, 0.5) is 11.4 Å². The number of nitrogens with zero attached hydrogens (tertiary/aromatic N) is 2. The first-order valence-electron chi connectivity index (χ1n) is 3.74. The maximum absolute atomic E-state index is 10.9. The van der Waals surface area contributed by atoms with E-state index >= 15 is 0 Å². The van der Waals surface area contributed by atoms with Gasteiger partial charge in [0.2, 0.25) is 5.88 Å². The fourth-order valence-corrected chi connectivity index (χ4v) is 1.07. The first-order valence-corrected chi connectivity index (χ1v) is 3.74. The fourth-order valence-electron chi connectivity index (χ4n) is 1.07. The minimum Gasteiger partial charge on any atom is -0.466 e. The second kappa shape index (κ2) is 2.95. The highest BCUT2D eigenvalue weighted by Crippen LogP contribution is 2.28. The molecular formula is C7H5N3O4. The molecule has 2 rings (SSSR count). The van der Waals surface area contributed by atoms with Gasteiger partial charge in [0.15, 0.2) is 6.61 Å². The zero-order valence-corrected chi connectivity index (χ0v) is 6.89. The van der Waals surface area contributed by atoms with Gasteiger partial charge in [-0.25, -0.2) is 4.98 Å². The average molecular weight is 195 g/mol. The Labute approximate surface area is 77.9 Å². The number of carbonyl (C=O) groups is 1. The standard InChI is InChI=1S/C7H5N3O4/c11-6-3-14-7-5(9-6)1-4(2-8-7)10(12)13/h1-2H,3H2,(H,9,11). The fraction of sp³-hybridized carbons (Fsp3) is 0.143. The number of nitrogens with one attached hydrogen (secondary N) is 1. The molecule has 0 aromatic carbocycles. The van der Waals surface area contributed by atoms with Gasteiger partial charge in [-0.3, -0.25) is 14.9 Å². The Morgan fingerprint density at radius 1 is 1.64 bits per heavy atom. The van der Waals surface area contributed by atoms with Gasteiger partial charge in [-0.15, -0.1) is 0 Å². The molecule has 0 fully saturated rings. The van der Waals surface area contributed by atoms with Gasteiger partial charge < -0.3 is 10.1 Å². The number of ether oxygens (including phenoxy) is 1. The van der Waals surface area contributed by atoms with Gasteiger partial charge in [-0.1, -0.05) is 0 Å². The van der Waals surface area contributed by atoms with Crippen LogP contribution < -0.4 is 10.1 Å². The number of nitro groups is 1. The molecule has 0 saturated heterocycles. The maximum Gasteiger partial charge on any atom is 0.289 e. The van der Waals surface area contributed by atoms with Crippen molar-refractivity contribution in [2.45, 2.75) is 0 Å². The summed E-state index contributed by atoms with van der Waals surface area (Å²) < 4.78 is 4.92. The molecule has 1 aromatic rings. The normalized spacial score (nSPS) is 13.9. The van der Waals surface area contributed by atoms with Gasteiger partial charge >= 0.3 is 0 Å². The molecule has 0 radical (unpaired) electrons. The molecule has 2 heterocycles. The van der Waals surface area contributed by atoms with Gasteiger partial charge in [-0.05, 0) is 0 Å². The minimum atomic E-state index is -0.589. The molecule has 0 bridgehead atoms. The Morgan fingerprint density at radius 3 is 3.14 bits per heavy atom. The molecule has 1 aliphatic rings. The Bertz CT molecular complexity index is 417. The predicted octanol–water partition coefficient (Wildman–Crippen LogP) is 0.321. The second-order valence-electron chi connectivity index (χ2n) is 2.64. The average Bonchev–Trinajstić information content (AvgIpc) is 2.16. The molecule has 0 unspecified atom stereocenters. The monoisotopic (exact) mass is 195 g/mol. The van der Waals surface area contributed by atoms with Crippen molar-refractivity contribution >= 4 is 17.3 Å². The number of pyridine rings is 1. The number of hydrogen-bond acceptors (Lipinski definition) is 5. The van der Waals surface area contributed by atoms with E-state index in [-0.39, 0.29) is 29.8 Å². The van der Waals surface area contributed by atoms with Crippen molar-refractivity contribution in [1.29, 1.82) is 0 Å². The van der Waals surface area contributed by atoms with E-state index in [4.69, 9.17) is 4.74 Å². The minimum absolute atomic E-state index is 0.113. The van der Waals surface area contributed by atoms with Crippen LogP contribution in [0.1, 0.15) is 0 Å². The lowest BCUT2D eigenvalue weighted by molar-refractivity contribution is -0.385. The molecule has 1 amide bonds. The quantitative estimate of drug-likeness (QED) is 0.514. The molecule has 0 aliphatic carbocycles. The van der Waals surface area contributed by atoms with Crippen molar-refractivity contribution in [3.05, 3.63) is 22.4 Å². The summed E-state index contributed by atoms with van der Waals surface area (Å²) in [5, 5.41) is 12.8. The smallest absolute Gasteiger partial charge is 0.289 e. The molecular weight excluding hydrogens is 190 g/mol. The van der Waals surface area contributed by atoms with E-state index in [0.717, 1.165) is 6.20 Å². The Balaban J connectivity index is 2.42. The van der Waals surface area contributed by atoms with Crippen molar-refractivity contribution in [2.24, 2.45) is 0 Å². The topological polar surface area (TPSA) is 94.4 Å². The number of hydrogen-bond donors (Lipinski definition) is 1. The molecule has 1 N–H and O–H groups in total. The van der Waals surface area contributed by atoms with E-state index in [9.17, 15) is 14.9 Å². The molecule has 72 valence electrons. The van der Waals surface area contributed by atoms with Crippen molar-refractivity contribution in [3.8, 4) is 5.88 Å². The van der Waals surface area contributed by atoms with Gasteiger partial charge in [0, 0.05) is 6.07 Å². The van der Waals surface area contributed by atoms with E-state index in [1.54, 1.807) is 0 Å². The van der Waals surface area contributed by atoms with Crippen LogP contribution in [-0.4, -0.2) is 22.4 Å². The zero-order valence-electron chi connectivity index (χ0n) is 6.89. The highest BCUT2D eigenvalue weighted by atomic mass is 16.6. The molecule has 1 aromatic heterocycles. The summed E-state index contributed by atoms with van der Waals surface area (Å²) in [7, 11) is 0. The lowest BCUT2D eigenvalue weighted by Crippen LogP contribution is -2.25. The van der Waals surface area contributed by atoms with E-state index in [1.165, 1.54) is 6.07 Å². The summed E-state index contributed by atoms with van der Waals surface area (Å²) in [5.41, 5.74) is 0.0463. The predicted molar refractivity (Wildman–Crippen MR) is 45.0 cm³/mol. The first-order chi connectivity index (χ1) is 6.66. The van der Waals surface area contributed by atoms with Crippen LogP contribution >= 0.6 is 0 Å². The van der Waals surface area contributed by atoms with Crippen molar-refractivity contribution in [2.75, 3.05) is 11.9 Å². The molecule has 0 spiro atoms. The zero-order chi connectivity index (χ0) is 10.1. The summed E-state index contributed by atoms with van der Waals surface area (Å²) >= 11 is 0. The first kappa shape index (κ1) is 8.42. The molecule has 7 nitrogen and oxygen atoms in total. The Morgan fingerprint density at radius 2 is 2.43 bits per heavy atom. The van der Waals surface area contributed by atoms with E-state index in [1.807, 2.05) is 0 Å². The SMILES string of the molecule is O=C1COc2ncc([N+](=O)[O-])cc2N1.